The molecule has 29 heavy (non-hydrogen) atoms. The second-order valence-corrected chi connectivity index (χ2v) is 9.42. The number of aromatic nitrogens is 2. The zero-order valence-corrected chi connectivity index (χ0v) is 18.0. The maximum absolute atomic E-state index is 13.4. The number of aromatic amines is 1. The van der Waals surface area contributed by atoms with Gasteiger partial charge in [-0.05, 0) is 55.7 Å². The van der Waals surface area contributed by atoms with E-state index in [1.807, 2.05) is 45.9 Å². The molecule has 3 aromatic rings. The van der Waals surface area contributed by atoms with Crippen LogP contribution in [0.4, 0.5) is 5.69 Å². The van der Waals surface area contributed by atoms with Crippen molar-refractivity contribution in [2.45, 2.75) is 39.2 Å². The first-order valence-corrected chi connectivity index (χ1v) is 11.0. The van der Waals surface area contributed by atoms with Crippen molar-refractivity contribution in [3.63, 3.8) is 0 Å². The quantitative estimate of drug-likeness (QED) is 0.592. The number of benzene rings is 2. The number of hydrogen-bond donors (Lipinski definition) is 1. The van der Waals surface area contributed by atoms with E-state index in [1.54, 1.807) is 36.8 Å². The van der Waals surface area contributed by atoms with E-state index >= 15 is 0 Å². The Morgan fingerprint density at radius 3 is 2.41 bits per heavy atom. The molecule has 154 valence electrons. The Morgan fingerprint density at radius 1 is 1.10 bits per heavy atom. The molecule has 1 N–H and O–H groups in total. The second-order valence-electron chi connectivity index (χ2n) is 7.56. The Morgan fingerprint density at radius 2 is 1.83 bits per heavy atom. The van der Waals surface area contributed by atoms with E-state index in [-0.39, 0.29) is 10.8 Å². The van der Waals surface area contributed by atoms with Crippen LogP contribution in [0.3, 0.4) is 0 Å². The van der Waals surface area contributed by atoms with Gasteiger partial charge in [-0.15, -0.1) is 0 Å². The SMILES string of the molecule is Cc1ccc(N(CC(C)C)S(=O)(=O)c2ccc(OCc3cnc[nH]3)cc2)c(C)c1. The summed E-state index contributed by atoms with van der Waals surface area (Å²) in [6.07, 6.45) is 3.28. The van der Waals surface area contributed by atoms with E-state index in [1.165, 1.54) is 4.31 Å². The largest absolute Gasteiger partial charge is 0.487 e. The minimum Gasteiger partial charge on any atom is -0.487 e. The number of rotatable bonds is 8. The first-order valence-electron chi connectivity index (χ1n) is 9.57. The molecule has 0 atom stereocenters. The van der Waals surface area contributed by atoms with Gasteiger partial charge >= 0.3 is 0 Å². The third-order valence-electron chi connectivity index (χ3n) is 4.51. The molecule has 0 unspecified atom stereocenters. The number of aryl methyl sites for hydroxylation is 2. The standard InChI is InChI=1S/C22H27N3O3S/c1-16(2)13-25(22-10-5-17(3)11-18(22)4)29(26,27)21-8-6-20(7-9-21)28-14-19-12-23-15-24-19/h5-12,15-16H,13-14H2,1-4H3,(H,23,24). The van der Waals surface area contributed by atoms with Crippen LogP contribution < -0.4 is 9.04 Å². The highest BCUT2D eigenvalue weighted by Gasteiger charge is 2.27. The summed E-state index contributed by atoms with van der Waals surface area (Å²) in [4.78, 5) is 7.15. The van der Waals surface area contributed by atoms with Crippen LogP contribution >= 0.6 is 0 Å². The van der Waals surface area contributed by atoms with Gasteiger partial charge in [-0.1, -0.05) is 31.5 Å². The van der Waals surface area contributed by atoms with Crippen molar-refractivity contribution in [1.29, 1.82) is 0 Å². The van der Waals surface area contributed by atoms with Gasteiger partial charge in [0.1, 0.15) is 12.4 Å². The fourth-order valence-electron chi connectivity index (χ4n) is 3.10. The van der Waals surface area contributed by atoms with Crippen LogP contribution in [0, 0.1) is 19.8 Å². The van der Waals surface area contributed by atoms with Gasteiger partial charge in [0.05, 0.1) is 28.8 Å². The molecule has 1 aromatic heterocycles. The molecule has 0 amide bonds. The molecule has 6 nitrogen and oxygen atoms in total. The summed E-state index contributed by atoms with van der Waals surface area (Å²) in [6.45, 7) is 8.72. The molecule has 0 spiro atoms. The van der Waals surface area contributed by atoms with Crippen LogP contribution in [-0.2, 0) is 16.6 Å². The van der Waals surface area contributed by atoms with E-state index in [0.717, 1.165) is 16.8 Å². The number of nitrogens with one attached hydrogen (secondary N) is 1. The second kappa shape index (κ2) is 8.69. The van der Waals surface area contributed by atoms with Crippen molar-refractivity contribution in [1.82, 2.24) is 9.97 Å². The highest BCUT2D eigenvalue weighted by molar-refractivity contribution is 7.92. The number of hydrogen-bond acceptors (Lipinski definition) is 4. The van der Waals surface area contributed by atoms with Gasteiger partial charge in [0.2, 0.25) is 0 Å². The lowest BCUT2D eigenvalue weighted by Crippen LogP contribution is -2.34. The molecule has 0 fully saturated rings. The van der Waals surface area contributed by atoms with Crippen LogP contribution in [0.1, 0.15) is 30.7 Å². The predicted molar refractivity (Wildman–Crippen MR) is 115 cm³/mol. The van der Waals surface area contributed by atoms with Crippen molar-refractivity contribution in [2.75, 3.05) is 10.8 Å². The zero-order valence-electron chi connectivity index (χ0n) is 17.2. The van der Waals surface area contributed by atoms with Crippen molar-refractivity contribution in [2.24, 2.45) is 5.92 Å². The molecule has 0 aliphatic carbocycles. The smallest absolute Gasteiger partial charge is 0.264 e. The number of anilines is 1. The Hall–Kier alpha value is -2.80. The summed E-state index contributed by atoms with van der Waals surface area (Å²) in [6, 6.07) is 12.4. The Kier molecular flexibility index (Phi) is 6.27. The van der Waals surface area contributed by atoms with Gasteiger partial charge in [-0.3, -0.25) is 4.31 Å². The fourth-order valence-corrected chi connectivity index (χ4v) is 4.80. The van der Waals surface area contributed by atoms with Crippen molar-refractivity contribution >= 4 is 15.7 Å². The molecule has 1 heterocycles. The lowest BCUT2D eigenvalue weighted by atomic mass is 10.1. The van der Waals surface area contributed by atoms with Crippen molar-refractivity contribution in [3.8, 4) is 5.75 Å². The Labute approximate surface area is 172 Å². The first-order chi connectivity index (χ1) is 13.8. The number of ether oxygens (including phenoxy) is 1. The fraction of sp³-hybridized carbons (Fsp3) is 0.318. The Balaban J connectivity index is 1.87. The monoisotopic (exact) mass is 413 g/mol. The molecule has 0 bridgehead atoms. The van der Waals surface area contributed by atoms with Gasteiger partial charge < -0.3 is 9.72 Å². The van der Waals surface area contributed by atoms with Gasteiger partial charge in [-0.2, -0.15) is 0 Å². The van der Waals surface area contributed by atoms with Crippen molar-refractivity contribution < 1.29 is 13.2 Å². The minimum absolute atomic E-state index is 0.183. The molecule has 0 radical (unpaired) electrons. The number of sulfonamides is 1. The lowest BCUT2D eigenvalue weighted by molar-refractivity contribution is 0.301. The number of nitrogens with zero attached hydrogens (tertiary/aromatic N) is 2. The summed E-state index contributed by atoms with van der Waals surface area (Å²) in [5, 5.41) is 0. The van der Waals surface area contributed by atoms with Gasteiger partial charge in [-0.25, -0.2) is 13.4 Å². The molecule has 2 aromatic carbocycles. The predicted octanol–water partition coefficient (Wildman–Crippen LogP) is 4.46. The zero-order chi connectivity index (χ0) is 21.0. The van der Waals surface area contributed by atoms with Crippen LogP contribution in [0.2, 0.25) is 0 Å². The molecule has 3 rings (SSSR count). The summed E-state index contributed by atoms with van der Waals surface area (Å²) in [7, 11) is -3.70. The van der Waals surface area contributed by atoms with Crippen LogP contribution in [0.25, 0.3) is 0 Å². The molecule has 0 aliphatic heterocycles. The van der Waals surface area contributed by atoms with Crippen molar-refractivity contribution in [3.05, 3.63) is 71.8 Å². The van der Waals surface area contributed by atoms with Gasteiger partial charge in [0.25, 0.3) is 10.0 Å². The molecule has 0 aliphatic rings. The molecular weight excluding hydrogens is 386 g/mol. The average molecular weight is 414 g/mol. The number of H-pyrrole nitrogens is 1. The maximum atomic E-state index is 13.4. The summed E-state index contributed by atoms with van der Waals surface area (Å²) >= 11 is 0. The first kappa shape index (κ1) is 20.9. The molecule has 0 saturated carbocycles. The van der Waals surface area contributed by atoms with E-state index < -0.39 is 10.0 Å². The summed E-state index contributed by atoms with van der Waals surface area (Å²) < 4.78 is 34.1. The minimum atomic E-state index is -3.70. The third-order valence-corrected chi connectivity index (χ3v) is 6.31. The van der Waals surface area contributed by atoms with Crippen LogP contribution in [0.5, 0.6) is 5.75 Å². The Bertz CT molecular complexity index is 1040. The van der Waals surface area contributed by atoms with E-state index in [0.29, 0.717) is 24.6 Å². The molecule has 7 heteroatoms. The number of imidazole rings is 1. The van der Waals surface area contributed by atoms with E-state index in [4.69, 9.17) is 4.74 Å². The average Bonchev–Trinajstić information content (AvgIpc) is 3.19. The van der Waals surface area contributed by atoms with E-state index in [2.05, 4.69) is 9.97 Å². The lowest BCUT2D eigenvalue weighted by Gasteiger charge is -2.28. The normalized spacial score (nSPS) is 11.6. The van der Waals surface area contributed by atoms with Gasteiger partial charge in [0.15, 0.2) is 0 Å². The summed E-state index contributed by atoms with van der Waals surface area (Å²) in [5.74, 6) is 0.781. The third kappa shape index (κ3) is 4.98. The summed E-state index contributed by atoms with van der Waals surface area (Å²) in [5.41, 5.74) is 3.60. The topological polar surface area (TPSA) is 75.3 Å². The molecular formula is C22H27N3O3S. The highest BCUT2D eigenvalue weighted by atomic mass is 32.2. The van der Waals surface area contributed by atoms with E-state index in [9.17, 15) is 8.42 Å². The molecule has 0 saturated heterocycles. The maximum Gasteiger partial charge on any atom is 0.264 e. The van der Waals surface area contributed by atoms with Crippen LogP contribution in [-0.4, -0.2) is 24.9 Å². The van der Waals surface area contributed by atoms with Gasteiger partial charge in [0, 0.05) is 6.54 Å². The highest BCUT2D eigenvalue weighted by Crippen LogP contribution is 2.29. The van der Waals surface area contributed by atoms with Crippen LogP contribution in [0.15, 0.2) is 59.9 Å².